The van der Waals surface area contributed by atoms with Crippen molar-refractivity contribution in [2.24, 2.45) is 0 Å². The van der Waals surface area contributed by atoms with Gasteiger partial charge in [0.05, 0.1) is 18.3 Å². The summed E-state index contributed by atoms with van der Waals surface area (Å²) in [7, 11) is 0. The lowest BCUT2D eigenvalue weighted by atomic mass is 9.91. The first-order chi connectivity index (χ1) is 8.15. The molecule has 17 heavy (non-hydrogen) atoms. The van der Waals surface area contributed by atoms with Gasteiger partial charge >= 0.3 is 0 Å². The third kappa shape index (κ3) is 2.62. The lowest BCUT2D eigenvalue weighted by Crippen LogP contribution is -2.47. The van der Waals surface area contributed by atoms with Crippen LogP contribution in [0.4, 0.5) is 16.2 Å². The zero-order valence-corrected chi connectivity index (χ0v) is 9.32. The second-order valence-electron chi connectivity index (χ2n) is 4.10. The zero-order valence-electron chi connectivity index (χ0n) is 9.32. The molecule has 0 bridgehead atoms. The number of hydrogen-bond donors (Lipinski definition) is 3. The van der Waals surface area contributed by atoms with Crippen molar-refractivity contribution in [3.63, 3.8) is 0 Å². The van der Waals surface area contributed by atoms with Crippen LogP contribution >= 0.6 is 0 Å². The number of hydrogen-bond acceptors (Lipinski definition) is 6. The summed E-state index contributed by atoms with van der Waals surface area (Å²) in [5.41, 5.74) is 4.80. The number of aliphatic hydroxyl groups is 1. The Bertz CT molecular complexity index is 396. The third-order valence-electron chi connectivity index (χ3n) is 2.90. The maximum absolute atomic E-state index is 13.5. The topological polar surface area (TPSA) is 93.3 Å². The Kier molecular flexibility index (Phi) is 3.39. The number of nitrogen functional groups attached to an aromatic ring is 1. The van der Waals surface area contributed by atoms with Crippen LogP contribution in [0.15, 0.2) is 6.20 Å². The standard InChI is InChI=1S/C10H15FN4O2/c11-7-5-13-9(12)14-8(7)15-10(6-16)1-3-17-4-2-10/h5,16H,1-4,6H2,(H3,12,13,14,15). The molecule has 0 unspecified atom stereocenters. The fraction of sp³-hybridized carbons (Fsp3) is 0.600. The smallest absolute Gasteiger partial charge is 0.222 e. The highest BCUT2D eigenvalue weighted by atomic mass is 19.1. The van der Waals surface area contributed by atoms with Gasteiger partial charge in [-0.15, -0.1) is 0 Å². The molecule has 0 atom stereocenters. The summed E-state index contributed by atoms with van der Waals surface area (Å²) in [5.74, 6) is -0.569. The van der Waals surface area contributed by atoms with Crippen LogP contribution in [-0.2, 0) is 4.74 Å². The first-order valence-electron chi connectivity index (χ1n) is 5.40. The van der Waals surface area contributed by atoms with Crippen LogP contribution in [0.3, 0.4) is 0 Å². The zero-order chi connectivity index (χ0) is 12.3. The van der Waals surface area contributed by atoms with Crippen LogP contribution in [0.1, 0.15) is 12.8 Å². The molecule has 0 spiro atoms. The van der Waals surface area contributed by atoms with Crippen LogP contribution < -0.4 is 11.1 Å². The number of nitrogens with one attached hydrogen (secondary N) is 1. The Labute approximate surface area is 98.0 Å². The number of halogens is 1. The number of ether oxygens (including phenoxy) is 1. The summed E-state index contributed by atoms with van der Waals surface area (Å²) in [4.78, 5) is 7.33. The SMILES string of the molecule is Nc1ncc(F)c(NC2(CO)CCOCC2)n1. The summed E-state index contributed by atoms with van der Waals surface area (Å²) in [6, 6.07) is 0. The molecule has 2 heterocycles. The van der Waals surface area contributed by atoms with Crippen molar-refractivity contribution >= 4 is 11.8 Å². The lowest BCUT2D eigenvalue weighted by Gasteiger charge is -2.36. The number of aromatic nitrogens is 2. The van der Waals surface area contributed by atoms with Crippen molar-refractivity contribution in [1.82, 2.24) is 9.97 Å². The second kappa shape index (κ2) is 4.80. The number of nitrogens with zero attached hydrogens (tertiary/aromatic N) is 2. The fourth-order valence-corrected chi connectivity index (χ4v) is 1.80. The number of aliphatic hydroxyl groups excluding tert-OH is 1. The molecule has 0 aliphatic carbocycles. The van der Waals surface area contributed by atoms with Crippen LogP contribution in [0.25, 0.3) is 0 Å². The van der Waals surface area contributed by atoms with E-state index < -0.39 is 11.4 Å². The first kappa shape index (κ1) is 12.0. The van der Waals surface area contributed by atoms with E-state index in [4.69, 9.17) is 10.5 Å². The van der Waals surface area contributed by atoms with Gasteiger partial charge in [0.2, 0.25) is 5.95 Å². The fourth-order valence-electron chi connectivity index (χ4n) is 1.80. The van der Waals surface area contributed by atoms with Gasteiger partial charge in [0, 0.05) is 13.2 Å². The molecular formula is C10H15FN4O2. The highest BCUT2D eigenvalue weighted by Crippen LogP contribution is 2.26. The van der Waals surface area contributed by atoms with Gasteiger partial charge in [-0.25, -0.2) is 9.37 Å². The monoisotopic (exact) mass is 242 g/mol. The summed E-state index contributed by atoms with van der Waals surface area (Å²) in [5, 5.41) is 12.4. The Balaban J connectivity index is 2.20. The minimum absolute atomic E-state index is 0.00551. The van der Waals surface area contributed by atoms with E-state index >= 15 is 0 Å². The molecule has 2 rings (SSSR count). The Morgan fingerprint density at radius 2 is 2.24 bits per heavy atom. The van der Waals surface area contributed by atoms with E-state index in [1.54, 1.807) is 0 Å². The maximum atomic E-state index is 13.5. The van der Waals surface area contributed by atoms with Gasteiger partial charge in [0.15, 0.2) is 11.6 Å². The lowest BCUT2D eigenvalue weighted by molar-refractivity contribution is 0.0377. The molecule has 7 heteroatoms. The van der Waals surface area contributed by atoms with E-state index in [0.29, 0.717) is 26.1 Å². The van der Waals surface area contributed by atoms with Crippen LogP contribution in [0.5, 0.6) is 0 Å². The number of anilines is 2. The van der Waals surface area contributed by atoms with Crippen LogP contribution in [0, 0.1) is 5.82 Å². The molecule has 0 aromatic carbocycles. The van der Waals surface area contributed by atoms with Crippen molar-refractivity contribution in [3.8, 4) is 0 Å². The minimum atomic E-state index is -0.597. The van der Waals surface area contributed by atoms with Crippen LogP contribution in [-0.4, -0.2) is 40.4 Å². The van der Waals surface area contributed by atoms with E-state index in [1.807, 2.05) is 0 Å². The summed E-state index contributed by atoms with van der Waals surface area (Å²) >= 11 is 0. The van der Waals surface area contributed by atoms with Crippen molar-refractivity contribution in [1.29, 1.82) is 0 Å². The largest absolute Gasteiger partial charge is 0.394 e. The Morgan fingerprint density at radius 1 is 1.53 bits per heavy atom. The van der Waals surface area contributed by atoms with Crippen molar-refractivity contribution in [2.75, 3.05) is 30.9 Å². The van der Waals surface area contributed by atoms with E-state index in [1.165, 1.54) is 0 Å². The van der Waals surface area contributed by atoms with Gasteiger partial charge in [0.25, 0.3) is 0 Å². The highest BCUT2D eigenvalue weighted by Gasteiger charge is 2.33. The van der Waals surface area contributed by atoms with E-state index in [0.717, 1.165) is 6.20 Å². The molecule has 4 N–H and O–H groups in total. The van der Waals surface area contributed by atoms with Crippen molar-refractivity contribution < 1.29 is 14.2 Å². The highest BCUT2D eigenvalue weighted by molar-refractivity contribution is 5.42. The molecule has 1 fully saturated rings. The molecule has 1 aliphatic rings. The molecule has 94 valence electrons. The number of rotatable bonds is 3. The van der Waals surface area contributed by atoms with Gasteiger partial charge < -0.3 is 20.9 Å². The molecule has 6 nitrogen and oxygen atoms in total. The molecule has 0 saturated carbocycles. The summed E-state index contributed by atoms with van der Waals surface area (Å²) < 4.78 is 18.7. The maximum Gasteiger partial charge on any atom is 0.222 e. The molecule has 0 radical (unpaired) electrons. The average Bonchev–Trinajstić information content (AvgIpc) is 2.35. The average molecular weight is 242 g/mol. The first-order valence-corrected chi connectivity index (χ1v) is 5.40. The van der Waals surface area contributed by atoms with E-state index in [2.05, 4.69) is 15.3 Å². The molecule has 0 amide bonds. The predicted molar refractivity (Wildman–Crippen MR) is 59.9 cm³/mol. The normalized spacial score (nSPS) is 18.9. The quantitative estimate of drug-likeness (QED) is 0.698. The van der Waals surface area contributed by atoms with Gasteiger partial charge in [-0.3, -0.25) is 0 Å². The predicted octanol–water partition coefficient (Wildman–Crippen LogP) is 0.151. The second-order valence-corrected chi connectivity index (χ2v) is 4.10. The van der Waals surface area contributed by atoms with Crippen molar-refractivity contribution in [3.05, 3.63) is 12.0 Å². The summed E-state index contributed by atoms with van der Waals surface area (Å²) in [6.45, 7) is 0.936. The molecule has 1 saturated heterocycles. The van der Waals surface area contributed by atoms with Crippen LogP contribution in [0.2, 0.25) is 0 Å². The van der Waals surface area contributed by atoms with Crippen molar-refractivity contribution in [2.45, 2.75) is 18.4 Å². The Hall–Kier alpha value is -1.47. The van der Waals surface area contributed by atoms with Gasteiger partial charge in [-0.2, -0.15) is 4.98 Å². The van der Waals surface area contributed by atoms with E-state index in [9.17, 15) is 9.50 Å². The molecular weight excluding hydrogens is 227 g/mol. The third-order valence-corrected chi connectivity index (χ3v) is 2.90. The van der Waals surface area contributed by atoms with E-state index in [-0.39, 0.29) is 18.4 Å². The molecule has 1 aromatic heterocycles. The van der Waals surface area contributed by atoms with Gasteiger partial charge in [0.1, 0.15) is 0 Å². The summed E-state index contributed by atoms with van der Waals surface area (Å²) in [6.07, 6.45) is 2.19. The molecule has 1 aromatic rings. The number of nitrogens with two attached hydrogens (primary N) is 1. The van der Waals surface area contributed by atoms with Gasteiger partial charge in [-0.1, -0.05) is 0 Å². The van der Waals surface area contributed by atoms with Gasteiger partial charge in [-0.05, 0) is 12.8 Å². The minimum Gasteiger partial charge on any atom is -0.394 e. The molecule has 1 aliphatic heterocycles. The Morgan fingerprint density at radius 3 is 2.88 bits per heavy atom.